The summed E-state index contributed by atoms with van der Waals surface area (Å²) in [7, 11) is -4.70. The zero-order chi connectivity index (χ0) is 35.8. The van der Waals surface area contributed by atoms with Crippen molar-refractivity contribution in [3.8, 4) is 0 Å². The van der Waals surface area contributed by atoms with Crippen molar-refractivity contribution in [2.24, 2.45) is 5.92 Å². The van der Waals surface area contributed by atoms with Crippen molar-refractivity contribution in [2.75, 3.05) is 0 Å². The predicted octanol–water partition coefficient (Wildman–Crippen LogP) is 12.8. The Kier molecular flexibility index (Phi) is 30.8. The largest absolute Gasteiger partial charge is 0.397 e. The van der Waals surface area contributed by atoms with E-state index in [0.717, 1.165) is 77.0 Å². The summed E-state index contributed by atoms with van der Waals surface area (Å²) in [4.78, 5) is 26.4. The van der Waals surface area contributed by atoms with E-state index < -0.39 is 21.9 Å². The highest BCUT2D eigenvalue weighted by Crippen LogP contribution is 2.27. The van der Waals surface area contributed by atoms with E-state index in [4.69, 9.17) is 4.18 Å². The number of rotatable bonds is 36. The van der Waals surface area contributed by atoms with Crippen molar-refractivity contribution in [3.05, 3.63) is 24.3 Å². The second kappa shape index (κ2) is 31.7. The van der Waals surface area contributed by atoms with Crippen LogP contribution in [0.15, 0.2) is 24.3 Å². The molecule has 0 bridgehead atoms. The third-order valence-electron chi connectivity index (χ3n) is 9.17. The van der Waals surface area contributed by atoms with Gasteiger partial charge in [0.25, 0.3) is 0 Å². The monoisotopic (exact) mass is 697 g/mol. The standard InChI is InChI=1S/C41H76O6S/c1-5-7-9-11-13-15-17-19-21-23-25-27-29-31-33-35-39(42)38(37-41(3,4)47-48(44,45)46)40(43)36-34-32-30-28-26-24-22-20-18-16-14-12-10-8-6-2/h19-22,38H,5-18,23-37H2,1-4H3,(H,44,45,46)/b21-19-,22-20-. The van der Waals surface area contributed by atoms with Crippen molar-refractivity contribution in [2.45, 2.75) is 219 Å². The summed E-state index contributed by atoms with van der Waals surface area (Å²) in [6, 6.07) is 0. The van der Waals surface area contributed by atoms with E-state index in [1.54, 1.807) is 0 Å². The molecule has 7 heteroatoms. The Morgan fingerprint density at radius 2 is 0.833 bits per heavy atom. The molecule has 0 saturated carbocycles. The predicted molar refractivity (Wildman–Crippen MR) is 204 cm³/mol. The normalized spacial score (nSPS) is 12.6. The van der Waals surface area contributed by atoms with E-state index >= 15 is 0 Å². The highest BCUT2D eigenvalue weighted by molar-refractivity contribution is 7.80. The van der Waals surface area contributed by atoms with Crippen LogP contribution in [0.25, 0.3) is 0 Å². The lowest BCUT2D eigenvalue weighted by Gasteiger charge is -2.27. The maximum Gasteiger partial charge on any atom is 0.397 e. The summed E-state index contributed by atoms with van der Waals surface area (Å²) < 4.78 is 36.8. The first-order chi connectivity index (χ1) is 23.0. The Balaban J connectivity index is 4.36. The molecule has 0 radical (unpaired) electrons. The van der Waals surface area contributed by atoms with Gasteiger partial charge in [-0.1, -0.05) is 141 Å². The molecule has 0 heterocycles. The molecule has 0 aromatic heterocycles. The molecule has 0 aromatic carbocycles. The quantitative estimate of drug-likeness (QED) is 0.0303. The molecule has 0 rings (SSSR count). The molecule has 0 aliphatic rings. The van der Waals surface area contributed by atoms with Gasteiger partial charge in [0.1, 0.15) is 11.6 Å². The molecule has 6 nitrogen and oxygen atoms in total. The molecule has 0 unspecified atom stereocenters. The first-order valence-corrected chi connectivity index (χ1v) is 21.4. The molecular formula is C41H76O6S. The molecule has 0 atom stereocenters. The number of Topliss-reactive ketones (excluding diaryl/α,β-unsaturated/α-hetero) is 2. The van der Waals surface area contributed by atoms with Gasteiger partial charge >= 0.3 is 10.4 Å². The average Bonchev–Trinajstić information content (AvgIpc) is 3.02. The van der Waals surface area contributed by atoms with Gasteiger partial charge in [0.2, 0.25) is 0 Å². The smallest absolute Gasteiger partial charge is 0.299 e. The molecule has 0 saturated heterocycles. The Morgan fingerprint density at radius 3 is 1.15 bits per heavy atom. The second-order valence-corrected chi connectivity index (χ2v) is 15.7. The molecule has 48 heavy (non-hydrogen) atoms. The summed E-state index contributed by atoms with van der Waals surface area (Å²) in [5.74, 6) is -1.19. The van der Waals surface area contributed by atoms with E-state index in [2.05, 4.69) is 38.2 Å². The SMILES string of the molecule is CCCCCCCC/C=C\CCCCCCCC(=O)C(CC(C)(C)OS(=O)(=O)O)C(=O)CCCCCCC/C=C\CCCCCCCC. The van der Waals surface area contributed by atoms with Gasteiger partial charge in [0.15, 0.2) is 0 Å². The third-order valence-corrected chi connectivity index (χ3v) is 9.84. The lowest BCUT2D eigenvalue weighted by Crippen LogP contribution is -2.36. The highest BCUT2D eigenvalue weighted by atomic mass is 32.3. The minimum absolute atomic E-state index is 0.0550. The van der Waals surface area contributed by atoms with E-state index in [1.807, 2.05) is 0 Å². The number of carbonyl (C=O) groups excluding carboxylic acids is 2. The minimum Gasteiger partial charge on any atom is -0.299 e. The van der Waals surface area contributed by atoms with Crippen LogP contribution in [0.2, 0.25) is 0 Å². The van der Waals surface area contributed by atoms with Crippen molar-refractivity contribution in [1.29, 1.82) is 0 Å². The number of ketones is 2. The maximum atomic E-state index is 13.2. The van der Waals surface area contributed by atoms with Gasteiger partial charge in [-0.15, -0.1) is 0 Å². The minimum atomic E-state index is -4.70. The lowest BCUT2D eigenvalue weighted by molar-refractivity contribution is -0.135. The van der Waals surface area contributed by atoms with Crippen molar-refractivity contribution >= 4 is 22.0 Å². The summed E-state index contributed by atoms with van der Waals surface area (Å²) in [5, 5.41) is 0. The first kappa shape index (κ1) is 46.7. The van der Waals surface area contributed by atoms with Crippen LogP contribution in [-0.2, 0) is 24.2 Å². The summed E-state index contributed by atoms with van der Waals surface area (Å²) in [6.07, 6.45) is 40.3. The fourth-order valence-corrected chi connectivity index (χ4v) is 6.94. The molecule has 0 amide bonds. The molecule has 0 spiro atoms. The maximum absolute atomic E-state index is 13.2. The molecule has 0 aromatic rings. The average molecular weight is 697 g/mol. The van der Waals surface area contributed by atoms with Crippen LogP contribution in [0.1, 0.15) is 214 Å². The van der Waals surface area contributed by atoms with Gasteiger partial charge in [-0.3, -0.25) is 14.1 Å². The summed E-state index contributed by atoms with van der Waals surface area (Å²) >= 11 is 0. The second-order valence-electron chi connectivity index (χ2n) is 14.6. The molecule has 282 valence electrons. The highest BCUT2D eigenvalue weighted by Gasteiger charge is 2.35. The van der Waals surface area contributed by atoms with Crippen LogP contribution in [0.4, 0.5) is 0 Å². The van der Waals surface area contributed by atoms with E-state index in [9.17, 15) is 22.6 Å². The van der Waals surface area contributed by atoms with Crippen molar-refractivity contribution < 1.29 is 26.7 Å². The van der Waals surface area contributed by atoms with Crippen molar-refractivity contribution in [3.63, 3.8) is 0 Å². The van der Waals surface area contributed by atoms with Crippen LogP contribution in [-0.4, -0.2) is 30.1 Å². The Labute approximate surface area is 297 Å². The fourth-order valence-electron chi connectivity index (χ4n) is 6.31. The fraction of sp³-hybridized carbons (Fsp3) is 0.854. The van der Waals surface area contributed by atoms with Gasteiger partial charge in [-0.2, -0.15) is 8.42 Å². The molecule has 0 fully saturated rings. The molecular weight excluding hydrogens is 621 g/mol. The van der Waals surface area contributed by atoms with Crippen LogP contribution in [0.3, 0.4) is 0 Å². The zero-order valence-corrected chi connectivity index (χ0v) is 32.6. The Bertz CT molecular complexity index is 885. The van der Waals surface area contributed by atoms with E-state index in [0.29, 0.717) is 12.8 Å². The lowest BCUT2D eigenvalue weighted by atomic mass is 9.83. The third kappa shape index (κ3) is 31.9. The summed E-state index contributed by atoms with van der Waals surface area (Å²) in [5.41, 5.74) is -1.35. The van der Waals surface area contributed by atoms with Crippen LogP contribution < -0.4 is 0 Å². The topological polar surface area (TPSA) is 97.7 Å². The molecule has 1 N–H and O–H groups in total. The number of allylic oxidation sites excluding steroid dienone is 4. The first-order valence-electron chi connectivity index (χ1n) is 20.1. The molecule has 0 aliphatic heterocycles. The number of hydrogen-bond acceptors (Lipinski definition) is 5. The van der Waals surface area contributed by atoms with Gasteiger partial charge in [0, 0.05) is 12.8 Å². The van der Waals surface area contributed by atoms with Gasteiger partial charge < -0.3 is 0 Å². The van der Waals surface area contributed by atoms with Gasteiger partial charge in [-0.05, 0) is 84.5 Å². The number of hydrogen-bond donors (Lipinski definition) is 1. The van der Waals surface area contributed by atoms with Crippen LogP contribution in [0.5, 0.6) is 0 Å². The van der Waals surface area contributed by atoms with Crippen molar-refractivity contribution in [1.82, 2.24) is 0 Å². The summed E-state index contributed by atoms with van der Waals surface area (Å²) in [6.45, 7) is 7.49. The van der Waals surface area contributed by atoms with Crippen LogP contribution >= 0.6 is 0 Å². The van der Waals surface area contributed by atoms with Gasteiger partial charge in [0.05, 0.1) is 11.5 Å². The number of carbonyl (C=O) groups is 2. The van der Waals surface area contributed by atoms with E-state index in [1.165, 1.54) is 104 Å². The Morgan fingerprint density at radius 1 is 0.542 bits per heavy atom. The van der Waals surface area contributed by atoms with Gasteiger partial charge in [-0.25, -0.2) is 4.18 Å². The molecule has 0 aliphatic carbocycles. The Hall–Kier alpha value is -1.31. The zero-order valence-electron chi connectivity index (χ0n) is 31.8. The number of unbranched alkanes of at least 4 members (excludes halogenated alkanes) is 22. The van der Waals surface area contributed by atoms with E-state index in [-0.39, 0.29) is 18.0 Å². The van der Waals surface area contributed by atoms with Crippen LogP contribution in [0, 0.1) is 5.92 Å².